The third kappa shape index (κ3) is 4.18. The van der Waals surface area contributed by atoms with E-state index in [1.54, 1.807) is 0 Å². The van der Waals surface area contributed by atoms with Gasteiger partial charge in [-0.15, -0.1) is 0 Å². The summed E-state index contributed by atoms with van der Waals surface area (Å²) in [5.74, 6) is 0. The number of anilines is 1. The van der Waals surface area contributed by atoms with Crippen molar-refractivity contribution >= 4 is 5.69 Å². The van der Waals surface area contributed by atoms with E-state index in [0.29, 0.717) is 6.04 Å². The number of hydrogen-bond donors (Lipinski definition) is 1. The molecule has 4 nitrogen and oxygen atoms in total. The van der Waals surface area contributed by atoms with E-state index in [4.69, 9.17) is 4.74 Å². The quantitative estimate of drug-likeness (QED) is 0.856. The first-order valence-electron chi connectivity index (χ1n) is 7.34. The zero-order valence-electron chi connectivity index (χ0n) is 12.1. The van der Waals surface area contributed by atoms with Crippen LogP contribution in [0, 0.1) is 0 Å². The van der Waals surface area contributed by atoms with Crippen LogP contribution in [0.2, 0.25) is 0 Å². The molecule has 0 bridgehead atoms. The molecule has 1 N–H and O–H groups in total. The Morgan fingerprint density at radius 3 is 3.16 bits per heavy atom. The zero-order chi connectivity index (χ0) is 13.5. The summed E-state index contributed by atoms with van der Waals surface area (Å²) in [5.41, 5.74) is 2.31. The molecule has 0 aromatic carbocycles. The van der Waals surface area contributed by atoms with Crippen LogP contribution in [-0.2, 0) is 11.3 Å². The lowest BCUT2D eigenvalue weighted by atomic mass is 10.1. The van der Waals surface area contributed by atoms with Crippen LogP contribution in [0.5, 0.6) is 0 Å². The van der Waals surface area contributed by atoms with E-state index in [-0.39, 0.29) is 0 Å². The molecule has 1 aliphatic rings. The molecular weight excluding hydrogens is 238 g/mol. The highest BCUT2D eigenvalue weighted by molar-refractivity contribution is 5.43. The van der Waals surface area contributed by atoms with Gasteiger partial charge in [-0.25, -0.2) is 0 Å². The van der Waals surface area contributed by atoms with Gasteiger partial charge in [-0.1, -0.05) is 13.8 Å². The molecule has 0 radical (unpaired) electrons. The Labute approximate surface area is 116 Å². The van der Waals surface area contributed by atoms with Gasteiger partial charge < -0.3 is 10.1 Å². The molecule has 1 aromatic rings. The van der Waals surface area contributed by atoms with E-state index in [0.717, 1.165) is 51.4 Å². The van der Waals surface area contributed by atoms with Crippen molar-refractivity contribution in [3.63, 3.8) is 0 Å². The van der Waals surface area contributed by atoms with Crippen molar-refractivity contribution in [2.45, 2.75) is 39.3 Å². The molecule has 0 spiro atoms. The highest BCUT2D eigenvalue weighted by Crippen LogP contribution is 2.15. The van der Waals surface area contributed by atoms with E-state index in [1.165, 1.54) is 5.69 Å². The first-order chi connectivity index (χ1) is 9.33. The Bertz CT molecular complexity index is 383. The molecule has 1 atom stereocenters. The Hall–Kier alpha value is -1.13. The summed E-state index contributed by atoms with van der Waals surface area (Å²) in [4.78, 5) is 6.97. The Morgan fingerprint density at radius 1 is 1.47 bits per heavy atom. The van der Waals surface area contributed by atoms with Crippen LogP contribution in [0.4, 0.5) is 5.69 Å². The second-order valence-electron chi connectivity index (χ2n) is 5.07. The van der Waals surface area contributed by atoms with E-state index < -0.39 is 0 Å². The van der Waals surface area contributed by atoms with Gasteiger partial charge in [0.15, 0.2) is 0 Å². The van der Waals surface area contributed by atoms with Crippen LogP contribution >= 0.6 is 0 Å². The SMILES string of the molecule is CCCNc1ccnc(CN2CCOCC2CC)c1. The van der Waals surface area contributed by atoms with Crippen molar-refractivity contribution in [1.29, 1.82) is 0 Å². The minimum Gasteiger partial charge on any atom is -0.385 e. The lowest BCUT2D eigenvalue weighted by Crippen LogP contribution is -2.44. The summed E-state index contributed by atoms with van der Waals surface area (Å²) in [7, 11) is 0. The molecule has 4 heteroatoms. The van der Waals surface area contributed by atoms with E-state index in [9.17, 15) is 0 Å². The maximum Gasteiger partial charge on any atom is 0.0622 e. The van der Waals surface area contributed by atoms with Gasteiger partial charge in [0.2, 0.25) is 0 Å². The molecule has 19 heavy (non-hydrogen) atoms. The minimum absolute atomic E-state index is 0.530. The zero-order valence-corrected chi connectivity index (χ0v) is 12.1. The number of rotatable bonds is 6. The predicted molar refractivity (Wildman–Crippen MR) is 78.3 cm³/mol. The normalized spacial score (nSPS) is 20.4. The van der Waals surface area contributed by atoms with Crippen molar-refractivity contribution in [3.05, 3.63) is 24.0 Å². The van der Waals surface area contributed by atoms with Gasteiger partial charge in [-0.05, 0) is 25.0 Å². The van der Waals surface area contributed by atoms with Gasteiger partial charge in [0.05, 0.1) is 18.9 Å². The monoisotopic (exact) mass is 263 g/mol. The van der Waals surface area contributed by atoms with Crippen molar-refractivity contribution in [2.24, 2.45) is 0 Å². The van der Waals surface area contributed by atoms with Crippen molar-refractivity contribution in [2.75, 3.05) is 31.6 Å². The average molecular weight is 263 g/mol. The van der Waals surface area contributed by atoms with Gasteiger partial charge in [0.1, 0.15) is 0 Å². The average Bonchev–Trinajstić information content (AvgIpc) is 2.46. The number of nitrogens with one attached hydrogen (secondary N) is 1. The number of aromatic nitrogens is 1. The number of nitrogens with zero attached hydrogens (tertiary/aromatic N) is 2. The number of morpholine rings is 1. The summed E-state index contributed by atoms with van der Waals surface area (Å²) < 4.78 is 5.54. The molecule has 0 amide bonds. The Kier molecular flexibility index (Phi) is 5.61. The fourth-order valence-electron chi connectivity index (χ4n) is 2.43. The lowest BCUT2D eigenvalue weighted by Gasteiger charge is -2.34. The van der Waals surface area contributed by atoms with Crippen molar-refractivity contribution in [1.82, 2.24) is 9.88 Å². The fraction of sp³-hybridized carbons (Fsp3) is 0.667. The second kappa shape index (κ2) is 7.46. The smallest absolute Gasteiger partial charge is 0.0622 e. The third-order valence-electron chi connectivity index (χ3n) is 3.58. The van der Waals surface area contributed by atoms with Gasteiger partial charge in [0, 0.05) is 37.6 Å². The molecule has 1 fully saturated rings. The van der Waals surface area contributed by atoms with Crippen LogP contribution in [0.1, 0.15) is 32.4 Å². The van der Waals surface area contributed by atoms with Gasteiger partial charge in [-0.3, -0.25) is 9.88 Å². The molecule has 1 saturated heterocycles. The van der Waals surface area contributed by atoms with Crippen LogP contribution in [0.3, 0.4) is 0 Å². The maximum absolute atomic E-state index is 5.54. The number of pyridine rings is 1. The molecule has 2 rings (SSSR count). The van der Waals surface area contributed by atoms with E-state index >= 15 is 0 Å². The highest BCUT2D eigenvalue weighted by Gasteiger charge is 2.21. The molecule has 1 aromatic heterocycles. The Morgan fingerprint density at radius 2 is 2.37 bits per heavy atom. The van der Waals surface area contributed by atoms with Crippen molar-refractivity contribution < 1.29 is 4.74 Å². The molecule has 2 heterocycles. The second-order valence-corrected chi connectivity index (χ2v) is 5.07. The summed E-state index contributed by atoms with van der Waals surface area (Å²) in [5, 5.41) is 3.41. The maximum atomic E-state index is 5.54. The first kappa shape index (κ1) is 14.3. The molecule has 1 aliphatic heterocycles. The summed E-state index contributed by atoms with van der Waals surface area (Å²) >= 11 is 0. The summed E-state index contributed by atoms with van der Waals surface area (Å²) in [6, 6.07) is 4.73. The molecular formula is C15H25N3O. The van der Waals surface area contributed by atoms with Gasteiger partial charge in [0.25, 0.3) is 0 Å². The lowest BCUT2D eigenvalue weighted by molar-refractivity contribution is -0.0132. The van der Waals surface area contributed by atoms with Crippen LogP contribution in [-0.4, -0.2) is 42.2 Å². The van der Waals surface area contributed by atoms with Crippen molar-refractivity contribution in [3.8, 4) is 0 Å². The largest absolute Gasteiger partial charge is 0.385 e. The predicted octanol–water partition coefficient (Wildman–Crippen LogP) is 2.51. The topological polar surface area (TPSA) is 37.4 Å². The molecule has 0 aliphatic carbocycles. The summed E-state index contributed by atoms with van der Waals surface area (Å²) in [6.07, 6.45) is 4.17. The van der Waals surface area contributed by atoms with Crippen LogP contribution in [0.25, 0.3) is 0 Å². The third-order valence-corrected chi connectivity index (χ3v) is 3.58. The number of ether oxygens (including phenoxy) is 1. The fourth-order valence-corrected chi connectivity index (χ4v) is 2.43. The van der Waals surface area contributed by atoms with E-state index in [2.05, 4.69) is 35.1 Å². The number of hydrogen-bond acceptors (Lipinski definition) is 4. The van der Waals surface area contributed by atoms with E-state index in [1.807, 2.05) is 12.3 Å². The summed E-state index contributed by atoms with van der Waals surface area (Å²) in [6.45, 7) is 9.02. The van der Waals surface area contributed by atoms with Gasteiger partial charge >= 0.3 is 0 Å². The van der Waals surface area contributed by atoms with Gasteiger partial charge in [-0.2, -0.15) is 0 Å². The Balaban J connectivity index is 1.97. The molecule has 106 valence electrons. The van der Waals surface area contributed by atoms with Crippen LogP contribution < -0.4 is 5.32 Å². The van der Waals surface area contributed by atoms with Crippen LogP contribution in [0.15, 0.2) is 18.3 Å². The highest BCUT2D eigenvalue weighted by atomic mass is 16.5. The molecule has 0 saturated carbocycles. The molecule has 1 unspecified atom stereocenters. The minimum atomic E-state index is 0.530. The first-order valence-corrected chi connectivity index (χ1v) is 7.34. The standard InChI is InChI=1S/C15H25N3O/c1-3-6-16-13-5-7-17-14(10-13)11-18-8-9-19-12-15(18)4-2/h5,7,10,15H,3-4,6,8-9,11-12H2,1-2H3,(H,16,17).